The monoisotopic (exact) mass is 973 g/mol. The number of nitrogens with one attached hydrogen (secondary N) is 2. The van der Waals surface area contributed by atoms with Crippen LogP contribution in [0.3, 0.4) is 0 Å². The van der Waals surface area contributed by atoms with E-state index in [1.54, 1.807) is 12.1 Å². The Hall–Kier alpha value is -4.10. The second-order valence-electron chi connectivity index (χ2n) is 16.9. The molecule has 2 heterocycles. The fourth-order valence-corrected chi connectivity index (χ4v) is 11.9. The summed E-state index contributed by atoms with van der Waals surface area (Å²) in [5, 5.41) is 3.73. The third-order valence-electron chi connectivity index (χ3n) is 12.0. The third-order valence-corrected chi connectivity index (χ3v) is 16.3. The van der Waals surface area contributed by atoms with Gasteiger partial charge in [-0.3, -0.25) is 14.6 Å². The SMILES string of the molecule is CC1CN(CC[C@H](CSc2ccccc2)Nc2ccc(S(=O)(=O)NC(=O)c3ccc(N4CCN(CC5=C(c6ccc(Cl)cc6)CCCC5)CC4)cc3)cc2S(=O)(=O)C(F)(F)F)CC(C)O1. The van der Waals surface area contributed by atoms with Crippen molar-refractivity contribution < 1.29 is 39.5 Å². The molecule has 350 valence electrons. The van der Waals surface area contributed by atoms with Gasteiger partial charge in [0.1, 0.15) is 4.90 Å². The number of hydrogen-bond donors (Lipinski definition) is 2. The van der Waals surface area contributed by atoms with E-state index in [4.69, 9.17) is 16.3 Å². The molecule has 0 radical (unpaired) electrons. The summed E-state index contributed by atoms with van der Waals surface area (Å²) >= 11 is 7.60. The Morgan fingerprint density at radius 1 is 0.846 bits per heavy atom. The van der Waals surface area contributed by atoms with Crippen LogP contribution in [0.1, 0.15) is 61.9 Å². The van der Waals surface area contributed by atoms with Crippen molar-refractivity contribution in [1.82, 2.24) is 14.5 Å². The van der Waals surface area contributed by atoms with E-state index in [1.807, 2.05) is 61.0 Å². The number of thioether (sulfide) groups is 1. The molecule has 65 heavy (non-hydrogen) atoms. The number of alkyl halides is 3. The molecule has 4 aromatic carbocycles. The first-order valence-corrected chi connectivity index (χ1v) is 26.2. The Labute approximate surface area is 389 Å². The first-order chi connectivity index (χ1) is 30.9. The fraction of sp³-hybridized carbons (Fsp3) is 0.426. The van der Waals surface area contributed by atoms with Crippen molar-refractivity contribution in [1.29, 1.82) is 0 Å². The van der Waals surface area contributed by atoms with Crippen molar-refractivity contribution in [2.24, 2.45) is 0 Å². The summed E-state index contributed by atoms with van der Waals surface area (Å²) in [5.74, 6) is -0.660. The number of nitrogens with zero attached hydrogens (tertiary/aromatic N) is 3. The number of sulfone groups is 1. The van der Waals surface area contributed by atoms with Gasteiger partial charge in [0.25, 0.3) is 25.8 Å². The van der Waals surface area contributed by atoms with Crippen LogP contribution < -0.4 is 14.9 Å². The molecule has 0 saturated carbocycles. The number of hydrogen-bond acceptors (Lipinski definition) is 11. The van der Waals surface area contributed by atoms with Crippen molar-refractivity contribution >= 4 is 66.1 Å². The molecular weight excluding hydrogens is 919 g/mol. The lowest BCUT2D eigenvalue weighted by Crippen LogP contribution is -2.47. The van der Waals surface area contributed by atoms with Crippen LogP contribution in [-0.2, 0) is 24.6 Å². The molecule has 3 aliphatic rings. The van der Waals surface area contributed by atoms with Crippen LogP contribution in [0.15, 0.2) is 117 Å². The second kappa shape index (κ2) is 21.2. The van der Waals surface area contributed by atoms with Crippen molar-refractivity contribution in [2.45, 2.75) is 84.4 Å². The molecule has 1 amide bonds. The Kier molecular flexibility index (Phi) is 16.0. The minimum absolute atomic E-state index is 0.000776. The average molecular weight is 975 g/mol. The van der Waals surface area contributed by atoms with Crippen molar-refractivity contribution in [3.63, 3.8) is 0 Å². The Balaban J connectivity index is 1.02. The topological polar surface area (TPSA) is 128 Å². The van der Waals surface area contributed by atoms with Crippen LogP contribution in [0.2, 0.25) is 5.02 Å². The zero-order chi connectivity index (χ0) is 46.4. The summed E-state index contributed by atoms with van der Waals surface area (Å²) in [5.41, 5.74) is -1.20. The van der Waals surface area contributed by atoms with Gasteiger partial charge in [-0.1, -0.05) is 47.5 Å². The standard InChI is InChI=1S/C47H55ClF3N5O6S3/c1-33-29-55(30-34(2)62-33)23-22-39(32-63-41-9-4-3-5-10-41)52-44-21-20-42(28-45(44)64(58,59)47(49,50)51)65(60,61)53-46(57)36-14-18-40(19-15-36)56-26-24-54(25-27-56)31-37-8-6-7-11-43(37)35-12-16-38(48)17-13-35/h3-5,9-10,12-21,28,33-34,39,52H,6-8,11,22-27,29-32H2,1-2H3,(H,53,57)/t33?,34?,39-/m1/s1. The molecule has 0 spiro atoms. The van der Waals surface area contributed by atoms with Gasteiger partial charge in [0.15, 0.2) is 0 Å². The zero-order valence-electron chi connectivity index (χ0n) is 36.4. The van der Waals surface area contributed by atoms with Gasteiger partial charge >= 0.3 is 5.51 Å². The smallest absolute Gasteiger partial charge is 0.380 e. The summed E-state index contributed by atoms with van der Waals surface area (Å²) in [4.78, 5) is 19.0. The summed E-state index contributed by atoms with van der Waals surface area (Å²) in [7, 11) is -10.9. The maximum atomic E-state index is 14.2. The molecule has 11 nitrogen and oxygen atoms in total. The Morgan fingerprint density at radius 3 is 2.17 bits per heavy atom. The van der Waals surface area contributed by atoms with E-state index in [2.05, 4.69) is 32.1 Å². The molecule has 18 heteroatoms. The van der Waals surface area contributed by atoms with Gasteiger partial charge in [0, 0.05) is 85.3 Å². The van der Waals surface area contributed by atoms with Crippen LogP contribution in [0.4, 0.5) is 24.5 Å². The molecule has 2 N–H and O–H groups in total. The number of piperazine rings is 1. The van der Waals surface area contributed by atoms with Crippen LogP contribution in [-0.4, -0.2) is 114 Å². The van der Waals surface area contributed by atoms with E-state index < -0.39 is 52.8 Å². The first-order valence-electron chi connectivity index (χ1n) is 21.8. The van der Waals surface area contributed by atoms with Gasteiger partial charge in [-0.05, 0) is 124 Å². The molecule has 3 atom stereocenters. The van der Waals surface area contributed by atoms with Crippen molar-refractivity contribution in [3.05, 3.63) is 119 Å². The van der Waals surface area contributed by atoms with Crippen molar-refractivity contribution in [3.8, 4) is 0 Å². The van der Waals surface area contributed by atoms with E-state index in [0.29, 0.717) is 37.9 Å². The minimum Gasteiger partial charge on any atom is -0.380 e. The number of halogens is 4. The molecule has 0 aromatic heterocycles. The lowest BCUT2D eigenvalue weighted by Gasteiger charge is -2.37. The minimum atomic E-state index is -6.06. The molecule has 2 fully saturated rings. The van der Waals surface area contributed by atoms with Crippen LogP contribution in [0.5, 0.6) is 0 Å². The van der Waals surface area contributed by atoms with E-state index >= 15 is 0 Å². The number of morpholine rings is 1. The number of benzene rings is 4. The molecule has 2 saturated heterocycles. The maximum absolute atomic E-state index is 14.2. The van der Waals surface area contributed by atoms with E-state index in [-0.39, 0.29) is 17.8 Å². The van der Waals surface area contributed by atoms with Gasteiger partial charge in [-0.2, -0.15) is 13.2 Å². The Bertz CT molecular complexity index is 2510. The van der Waals surface area contributed by atoms with E-state index in [9.17, 15) is 34.8 Å². The zero-order valence-corrected chi connectivity index (χ0v) is 39.6. The quantitative estimate of drug-likeness (QED) is 0.105. The van der Waals surface area contributed by atoms with E-state index in [1.165, 1.54) is 53.4 Å². The molecule has 4 aromatic rings. The number of sulfonamides is 1. The molecular formula is C47H55ClF3N5O6S3. The maximum Gasteiger partial charge on any atom is 0.501 e. The average Bonchev–Trinajstić information content (AvgIpc) is 3.27. The van der Waals surface area contributed by atoms with Crippen LogP contribution >= 0.6 is 23.4 Å². The van der Waals surface area contributed by atoms with Gasteiger partial charge in [0.05, 0.1) is 22.8 Å². The number of rotatable bonds is 16. The van der Waals surface area contributed by atoms with Gasteiger partial charge in [-0.15, -0.1) is 11.8 Å². The van der Waals surface area contributed by atoms with Gasteiger partial charge in [0.2, 0.25) is 0 Å². The lowest BCUT2D eigenvalue weighted by atomic mass is 9.87. The van der Waals surface area contributed by atoms with Gasteiger partial charge in [-0.25, -0.2) is 21.6 Å². The summed E-state index contributed by atoms with van der Waals surface area (Å²) in [6.07, 6.45) is 4.86. The van der Waals surface area contributed by atoms with Gasteiger partial charge < -0.3 is 15.0 Å². The van der Waals surface area contributed by atoms with Crippen LogP contribution in [0.25, 0.3) is 5.57 Å². The van der Waals surface area contributed by atoms with Crippen LogP contribution in [0, 0.1) is 0 Å². The number of carbonyl (C=O) groups excluding carboxylic acids is 1. The second-order valence-corrected chi connectivity index (χ2v) is 22.0. The molecule has 0 bridgehead atoms. The normalized spacial score (nSPS) is 19.8. The highest BCUT2D eigenvalue weighted by molar-refractivity contribution is 7.99. The number of allylic oxidation sites excluding steroid dienone is 1. The number of ether oxygens (including phenoxy) is 1. The third kappa shape index (κ3) is 12.7. The largest absolute Gasteiger partial charge is 0.501 e. The number of amides is 1. The summed E-state index contributed by atoms with van der Waals surface area (Å²) in [6.45, 7) is 9.84. The van der Waals surface area contributed by atoms with E-state index in [0.717, 1.165) is 73.3 Å². The highest BCUT2D eigenvalue weighted by Crippen LogP contribution is 2.37. The molecule has 7 rings (SSSR count). The lowest BCUT2D eigenvalue weighted by molar-refractivity contribution is -0.0682. The predicted octanol–water partition coefficient (Wildman–Crippen LogP) is 8.97. The Morgan fingerprint density at radius 2 is 1.51 bits per heavy atom. The molecule has 2 aliphatic heterocycles. The molecule has 1 aliphatic carbocycles. The predicted molar refractivity (Wildman–Crippen MR) is 252 cm³/mol. The number of anilines is 2. The molecule has 2 unspecified atom stereocenters. The fourth-order valence-electron chi connectivity index (χ4n) is 8.71. The van der Waals surface area contributed by atoms with Crippen molar-refractivity contribution in [2.75, 3.05) is 68.3 Å². The highest BCUT2D eigenvalue weighted by atomic mass is 35.5. The summed E-state index contributed by atoms with van der Waals surface area (Å²) < 4.78 is 104. The highest BCUT2D eigenvalue weighted by Gasteiger charge is 2.48. The summed E-state index contributed by atoms with van der Waals surface area (Å²) in [6, 6.07) is 25.8. The number of carbonyl (C=O) groups is 1. The first kappa shape index (κ1) is 48.8.